The molecule has 1 unspecified atom stereocenters. The summed E-state index contributed by atoms with van der Waals surface area (Å²) in [5.74, 6) is 0. The molecule has 0 bridgehead atoms. The molecule has 0 amide bonds. The van der Waals surface area contributed by atoms with Gasteiger partial charge >= 0.3 is 8.56 Å². The van der Waals surface area contributed by atoms with Gasteiger partial charge < -0.3 is 19.4 Å². The standard InChI is InChI=1S/C7H17O4Si/c1-4-6(8)11-7(5-2)12(3,9)10/h7-10H,4-5H2,1-3H3. The van der Waals surface area contributed by atoms with E-state index < -0.39 is 14.3 Å². The van der Waals surface area contributed by atoms with Crippen LogP contribution in [-0.4, -0.2) is 29.0 Å². The van der Waals surface area contributed by atoms with Crippen LogP contribution in [0.2, 0.25) is 6.55 Å². The summed E-state index contributed by atoms with van der Waals surface area (Å²) in [5, 5.41) is 9.02. The van der Waals surface area contributed by atoms with Gasteiger partial charge in [-0.25, -0.2) is 0 Å². The van der Waals surface area contributed by atoms with Crippen molar-refractivity contribution in [3.63, 3.8) is 0 Å². The Morgan fingerprint density at radius 2 is 1.92 bits per heavy atom. The van der Waals surface area contributed by atoms with Crippen LogP contribution >= 0.6 is 0 Å². The maximum absolute atomic E-state index is 9.27. The van der Waals surface area contributed by atoms with Gasteiger partial charge in [-0.3, -0.25) is 0 Å². The van der Waals surface area contributed by atoms with Crippen LogP contribution in [-0.2, 0) is 4.74 Å². The van der Waals surface area contributed by atoms with Crippen LogP contribution in [0.25, 0.3) is 0 Å². The minimum atomic E-state index is -3.27. The van der Waals surface area contributed by atoms with Crippen molar-refractivity contribution in [2.75, 3.05) is 0 Å². The lowest BCUT2D eigenvalue weighted by molar-refractivity contribution is -0.0312. The summed E-state index contributed by atoms with van der Waals surface area (Å²) in [7, 11) is -3.27. The molecule has 0 aliphatic rings. The molecule has 0 rings (SSSR count). The Morgan fingerprint density at radius 1 is 1.42 bits per heavy atom. The van der Waals surface area contributed by atoms with Crippen LogP contribution in [0.1, 0.15) is 26.7 Å². The van der Waals surface area contributed by atoms with Gasteiger partial charge in [-0.15, -0.1) is 0 Å². The number of hydrogen-bond acceptors (Lipinski definition) is 4. The Morgan fingerprint density at radius 3 is 2.17 bits per heavy atom. The minimum absolute atomic E-state index is 0.135. The highest BCUT2D eigenvalue weighted by molar-refractivity contribution is 6.64. The lowest BCUT2D eigenvalue weighted by Crippen LogP contribution is -2.47. The van der Waals surface area contributed by atoms with Crippen molar-refractivity contribution in [1.29, 1.82) is 0 Å². The van der Waals surface area contributed by atoms with Crippen molar-refractivity contribution >= 4 is 8.56 Å². The molecule has 0 heterocycles. The van der Waals surface area contributed by atoms with E-state index in [9.17, 15) is 9.59 Å². The van der Waals surface area contributed by atoms with Crippen LogP contribution in [0.4, 0.5) is 0 Å². The molecule has 5 heteroatoms. The van der Waals surface area contributed by atoms with E-state index >= 15 is 0 Å². The van der Waals surface area contributed by atoms with Crippen LogP contribution in [0.5, 0.6) is 0 Å². The van der Waals surface area contributed by atoms with Gasteiger partial charge in [0, 0.05) is 6.42 Å². The van der Waals surface area contributed by atoms with E-state index in [0.717, 1.165) is 0 Å². The molecule has 0 aliphatic heterocycles. The average molecular weight is 193 g/mol. The van der Waals surface area contributed by atoms with E-state index in [2.05, 4.69) is 0 Å². The van der Waals surface area contributed by atoms with Crippen molar-refractivity contribution in [3.05, 3.63) is 6.29 Å². The monoisotopic (exact) mass is 193 g/mol. The number of aliphatic hydroxyl groups excluding tert-OH is 1. The first-order valence-corrected chi connectivity index (χ1v) is 6.55. The lowest BCUT2D eigenvalue weighted by atomic mass is 10.4. The quantitative estimate of drug-likeness (QED) is 0.561. The smallest absolute Gasteiger partial charge is 0.359 e. The predicted octanol–water partition coefficient (Wildman–Crippen LogP) is 0.649. The lowest BCUT2D eigenvalue weighted by Gasteiger charge is -2.25. The summed E-state index contributed by atoms with van der Waals surface area (Å²) in [5.41, 5.74) is -0.641. The molecule has 73 valence electrons. The summed E-state index contributed by atoms with van der Waals surface area (Å²) >= 11 is 0. The zero-order valence-corrected chi connectivity index (χ0v) is 8.74. The first kappa shape index (κ1) is 12.1. The van der Waals surface area contributed by atoms with E-state index in [1.165, 1.54) is 6.55 Å². The maximum Gasteiger partial charge on any atom is 0.359 e. The SMILES string of the molecule is CC[C](O)OC(CC)[Si](C)(O)O. The van der Waals surface area contributed by atoms with Crippen molar-refractivity contribution in [2.45, 2.75) is 39.0 Å². The highest BCUT2D eigenvalue weighted by atomic mass is 28.4. The molecule has 0 fully saturated rings. The van der Waals surface area contributed by atoms with E-state index in [4.69, 9.17) is 9.84 Å². The highest BCUT2D eigenvalue weighted by Crippen LogP contribution is 2.15. The third-order valence-corrected chi connectivity index (χ3v) is 3.31. The first-order chi connectivity index (χ1) is 5.41. The normalized spacial score (nSPS) is 15.2. The fourth-order valence-corrected chi connectivity index (χ4v) is 1.96. The molecule has 0 aromatic heterocycles. The predicted molar refractivity (Wildman–Crippen MR) is 46.7 cm³/mol. The molecule has 0 saturated carbocycles. The molecule has 1 radical (unpaired) electrons. The summed E-state index contributed by atoms with van der Waals surface area (Å²) in [4.78, 5) is 18.5. The number of rotatable bonds is 5. The topological polar surface area (TPSA) is 69.9 Å². The minimum Gasteiger partial charge on any atom is -0.409 e. The Bertz CT molecular complexity index is 123. The van der Waals surface area contributed by atoms with E-state index in [0.29, 0.717) is 12.8 Å². The molecule has 4 nitrogen and oxygen atoms in total. The summed E-state index contributed by atoms with van der Waals surface area (Å²) < 4.78 is 4.95. The van der Waals surface area contributed by atoms with Crippen molar-refractivity contribution in [2.24, 2.45) is 0 Å². The van der Waals surface area contributed by atoms with Crippen LogP contribution in [0.3, 0.4) is 0 Å². The van der Waals surface area contributed by atoms with Crippen molar-refractivity contribution in [3.8, 4) is 0 Å². The van der Waals surface area contributed by atoms with Gasteiger partial charge in [0.05, 0.1) is 0 Å². The molecular formula is C7H17O4Si. The molecule has 1 atom stereocenters. The average Bonchev–Trinajstić information content (AvgIpc) is 1.97. The summed E-state index contributed by atoms with van der Waals surface area (Å²) in [6, 6.07) is 0. The molecular weight excluding hydrogens is 176 g/mol. The van der Waals surface area contributed by atoms with Crippen molar-refractivity contribution in [1.82, 2.24) is 0 Å². The van der Waals surface area contributed by atoms with Gasteiger partial charge in [-0.05, 0) is 13.0 Å². The van der Waals surface area contributed by atoms with E-state index in [1.807, 2.05) is 0 Å². The van der Waals surface area contributed by atoms with Crippen molar-refractivity contribution < 1.29 is 19.4 Å². The van der Waals surface area contributed by atoms with Crippen LogP contribution in [0.15, 0.2) is 0 Å². The fourth-order valence-electron chi connectivity index (χ4n) is 0.829. The molecule has 0 aliphatic carbocycles. The first-order valence-electron chi connectivity index (χ1n) is 4.08. The molecule has 12 heavy (non-hydrogen) atoms. The summed E-state index contributed by atoms with van der Waals surface area (Å²) in [6.07, 6.45) is 0.726. The Kier molecular flexibility index (Phi) is 4.96. The largest absolute Gasteiger partial charge is 0.409 e. The fraction of sp³-hybridized carbons (Fsp3) is 0.857. The molecule has 0 spiro atoms. The van der Waals surface area contributed by atoms with Gasteiger partial charge in [-0.2, -0.15) is 0 Å². The molecule has 0 saturated heterocycles. The van der Waals surface area contributed by atoms with E-state index in [1.54, 1.807) is 13.8 Å². The second-order valence-corrected chi connectivity index (χ2v) is 5.69. The van der Waals surface area contributed by atoms with Gasteiger partial charge in [0.2, 0.25) is 6.29 Å². The molecule has 3 N–H and O–H groups in total. The van der Waals surface area contributed by atoms with Gasteiger partial charge in [0.1, 0.15) is 5.73 Å². The van der Waals surface area contributed by atoms with Crippen LogP contribution in [0, 0.1) is 6.29 Å². The second-order valence-electron chi connectivity index (χ2n) is 2.86. The Hall–Kier alpha value is 0.0569. The molecule has 0 aromatic rings. The number of hydrogen-bond donors (Lipinski definition) is 3. The van der Waals surface area contributed by atoms with Crippen LogP contribution < -0.4 is 0 Å². The third-order valence-electron chi connectivity index (χ3n) is 1.56. The maximum atomic E-state index is 9.27. The second kappa shape index (κ2) is 4.93. The van der Waals surface area contributed by atoms with Gasteiger partial charge in [0.25, 0.3) is 0 Å². The van der Waals surface area contributed by atoms with Gasteiger partial charge in [0.15, 0.2) is 0 Å². The van der Waals surface area contributed by atoms with E-state index in [-0.39, 0.29) is 6.29 Å². The van der Waals surface area contributed by atoms with Gasteiger partial charge in [-0.1, -0.05) is 13.8 Å². The molecule has 0 aromatic carbocycles. The third kappa shape index (κ3) is 4.17. The zero-order valence-electron chi connectivity index (χ0n) is 7.74. The number of aliphatic hydroxyl groups is 1. The Balaban J connectivity index is 4.00. The highest BCUT2D eigenvalue weighted by Gasteiger charge is 2.35. The number of ether oxygens (including phenoxy) is 1. The summed E-state index contributed by atoms with van der Waals surface area (Å²) in [6.45, 7) is 4.88. The zero-order chi connectivity index (χ0) is 9.78. The Labute approximate surface area is 74.1 Å².